The van der Waals surface area contributed by atoms with Gasteiger partial charge in [-0.05, 0) is 31.2 Å². The molecule has 1 heterocycles. The number of benzene rings is 1. The highest BCUT2D eigenvalue weighted by molar-refractivity contribution is 6.05. The summed E-state index contributed by atoms with van der Waals surface area (Å²) in [6, 6.07) is 8.95. The number of carbonyl (C=O) groups excluding carboxylic acids is 4. The fourth-order valence-corrected chi connectivity index (χ4v) is 4.65. The first-order valence-electron chi connectivity index (χ1n) is 12.1. The highest BCUT2D eigenvalue weighted by atomic mass is 16.2. The van der Waals surface area contributed by atoms with Crippen LogP contribution in [0.1, 0.15) is 57.9 Å². The van der Waals surface area contributed by atoms with E-state index in [9.17, 15) is 19.2 Å². The molecule has 0 aromatic heterocycles. The zero-order chi connectivity index (χ0) is 23.8. The Hall–Kier alpha value is -2.96. The number of nitrogens with zero attached hydrogens (tertiary/aromatic N) is 2. The molecule has 2 aliphatic rings. The molecule has 0 saturated carbocycles. The fraction of sp³-hybridized carbons (Fsp3) is 0.538. The van der Waals surface area contributed by atoms with Crippen molar-refractivity contribution in [2.45, 2.75) is 65.0 Å². The number of hydrogen-bond donors (Lipinski definition) is 1. The average molecular weight is 454 g/mol. The zero-order valence-corrected chi connectivity index (χ0v) is 19.7. The van der Waals surface area contributed by atoms with Gasteiger partial charge in [-0.2, -0.15) is 0 Å². The topological polar surface area (TPSA) is 86.8 Å². The van der Waals surface area contributed by atoms with Crippen molar-refractivity contribution in [1.82, 2.24) is 15.1 Å². The minimum Gasteiger partial charge on any atom is -0.354 e. The van der Waals surface area contributed by atoms with E-state index in [1.165, 1.54) is 4.90 Å². The summed E-state index contributed by atoms with van der Waals surface area (Å²) in [5, 5.41) is 2.94. The quantitative estimate of drug-likeness (QED) is 0.317. The number of imide groups is 1. The van der Waals surface area contributed by atoms with Gasteiger partial charge in [-0.1, -0.05) is 62.8 Å². The Morgan fingerprint density at radius 2 is 1.70 bits per heavy atom. The molecule has 0 radical (unpaired) electrons. The van der Waals surface area contributed by atoms with Gasteiger partial charge in [0.25, 0.3) is 0 Å². The Kier molecular flexibility index (Phi) is 8.80. The largest absolute Gasteiger partial charge is 0.354 e. The summed E-state index contributed by atoms with van der Waals surface area (Å²) in [5.74, 6) is -1.36. The lowest BCUT2D eigenvalue weighted by Gasteiger charge is -2.31. The predicted octanol–water partition coefficient (Wildman–Crippen LogP) is 3.05. The van der Waals surface area contributed by atoms with Crippen LogP contribution in [0.2, 0.25) is 0 Å². The molecular weight excluding hydrogens is 418 g/mol. The van der Waals surface area contributed by atoms with Gasteiger partial charge < -0.3 is 10.2 Å². The first-order valence-corrected chi connectivity index (χ1v) is 12.1. The molecular formula is C26H35N3O4. The lowest BCUT2D eigenvalue weighted by molar-refractivity contribution is -0.144. The van der Waals surface area contributed by atoms with Gasteiger partial charge >= 0.3 is 0 Å². The smallest absolute Gasteiger partial charge is 0.242 e. The highest BCUT2D eigenvalue weighted by Gasteiger charge is 2.47. The SMILES string of the molecule is CCCCNC(=O)[C@H](CC)N(Cc1ccccc1)C(=O)CCN1C(=O)[C@H]2CC=CC[C@H]2C1=O. The second-order valence-electron chi connectivity index (χ2n) is 8.81. The van der Waals surface area contributed by atoms with Crippen LogP contribution in [0.4, 0.5) is 0 Å². The lowest BCUT2D eigenvalue weighted by atomic mass is 9.85. The van der Waals surface area contributed by atoms with Crippen molar-refractivity contribution in [3.8, 4) is 0 Å². The van der Waals surface area contributed by atoms with Crippen molar-refractivity contribution in [2.75, 3.05) is 13.1 Å². The molecule has 4 amide bonds. The molecule has 178 valence electrons. The van der Waals surface area contributed by atoms with E-state index in [-0.39, 0.29) is 48.4 Å². The van der Waals surface area contributed by atoms with Gasteiger partial charge in [0.15, 0.2) is 0 Å². The lowest BCUT2D eigenvalue weighted by Crippen LogP contribution is -2.49. The van der Waals surface area contributed by atoms with E-state index in [4.69, 9.17) is 0 Å². The number of nitrogens with one attached hydrogen (secondary N) is 1. The van der Waals surface area contributed by atoms with E-state index in [2.05, 4.69) is 12.2 Å². The third kappa shape index (κ3) is 5.89. The first-order chi connectivity index (χ1) is 16.0. The second-order valence-corrected chi connectivity index (χ2v) is 8.81. The van der Waals surface area contributed by atoms with Crippen molar-refractivity contribution in [1.29, 1.82) is 0 Å². The van der Waals surface area contributed by atoms with Crippen LogP contribution < -0.4 is 5.32 Å². The van der Waals surface area contributed by atoms with Crippen LogP contribution in [0, 0.1) is 11.8 Å². The Morgan fingerprint density at radius 3 is 2.27 bits per heavy atom. The van der Waals surface area contributed by atoms with Gasteiger partial charge in [-0.15, -0.1) is 0 Å². The molecule has 3 rings (SSSR count). The first kappa shape index (κ1) is 24.7. The van der Waals surface area contributed by atoms with Crippen LogP contribution in [0.5, 0.6) is 0 Å². The summed E-state index contributed by atoms with van der Waals surface area (Å²) < 4.78 is 0. The van der Waals surface area contributed by atoms with Crippen molar-refractivity contribution in [2.24, 2.45) is 11.8 Å². The van der Waals surface area contributed by atoms with Crippen molar-refractivity contribution in [3.05, 3.63) is 48.0 Å². The summed E-state index contributed by atoms with van der Waals surface area (Å²) in [4.78, 5) is 54.6. The molecule has 7 heteroatoms. The van der Waals surface area contributed by atoms with Crippen LogP contribution in [0.15, 0.2) is 42.5 Å². The molecule has 1 fully saturated rings. The van der Waals surface area contributed by atoms with Crippen molar-refractivity contribution >= 4 is 23.6 Å². The molecule has 1 N–H and O–H groups in total. The Balaban J connectivity index is 1.71. The van der Waals surface area contributed by atoms with Crippen molar-refractivity contribution < 1.29 is 19.2 Å². The van der Waals surface area contributed by atoms with Crippen LogP contribution in [-0.4, -0.2) is 52.6 Å². The van der Waals surface area contributed by atoms with Gasteiger partial charge in [0.2, 0.25) is 23.6 Å². The molecule has 3 atom stereocenters. The van der Waals surface area contributed by atoms with Gasteiger partial charge in [-0.25, -0.2) is 0 Å². The van der Waals surface area contributed by atoms with Crippen molar-refractivity contribution in [3.63, 3.8) is 0 Å². The van der Waals surface area contributed by atoms with Gasteiger partial charge in [0, 0.05) is 26.1 Å². The van der Waals surface area contributed by atoms with Gasteiger partial charge in [-0.3, -0.25) is 24.1 Å². The molecule has 1 aliphatic carbocycles. The van der Waals surface area contributed by atoms with E-state index in [0.717, 1.165) is 18.4 Å². The number of unbranched alkanes of at least 4 members (excludes halogenated alkanes) is 1. The number of fused-ring (bicyclic) bond motifs is 1. The number of carbonyl (C=O) groups is 4. The molecule has 0 bridgehead atoms. The minimum absolute atomic E-state index is 0.00984. The summed E-state index contributed by atoms with van der Waals surface area (Å²) in [6.45, 7) is 4.88. The molecule has 0 unspecified atom stereocenters. The summed E-state index contributed by atoms with van der Waals surface area (Å²) in [7, 11) is 0. The van der Waals surface area contributed by atoms with Gasteiger partial charge in [0.1, 0.15) is 6.04 Å². The molecule has 33 heavy (non-hydrogen) atoms. The molecule has 1 aromatic rings. The van der Waals surface area contributed by atoms with Gasteiger partial charge in [0.05, 0.1) is 11.8 Å². The fourth-order valence-electron chi connectivity index (χ4n) is 4.65. The van der Waals surface area contributed by atoms with E-state index in [0.29, 0.717) is 32.4 Å². The number of allylic oxidation sites excluding steroid dienone is 2. The molecule has 7 nitrogen and oxygen atoms in total. The predicted molar refractivity (Wildman–Crippen MR) is 126 cm³/mol. The van der Waals surface area contributed by atoms with E-state index in [1.54, 1.807) is 4.90 Å². The molecule has 1 saturated heterocycles. The molecule has 0 spiro atoms. The maximum absolute atomic E-state index is 13.4. The Morgan fingerprint density at radius 1 is 1.06 bits per heavy atom. The highest BCUT2D eigenvalue weighted by Crippen LogP contribution is 2.35. The Labute approximate surface area is 196 Å². The monoisotopic (exact) mass is 453 g/mol. The van der Waals surface area contributed by atoms with E-state index >= 15 is 0 Å². The third-order valence-corrected chi connectivity index (χ3v) is 6.56. The third-order valence-electron chi connectivity index (χ3n) is 6.56. The Bertz CT molecular complexity index is 857. The maximum atomic E-state index is 13.4. The van der Waals surface area contributed by atoms with Crippen LogP contribution in [0.25, 0.3) is 0 Å². The number of hydrogen-bond acceptors (Lipinski definition) is 4. The normalized spacial score (nSPS) is 20.5. The van der Waals surface area contributed by atoms with E-state index < -0.39 is 6.04 Å². The number of rotatable bonds is 11. The van der Waals surface area contributed by atoms with Crippen LogP contribution >= 0.6 is 0 Å². The number of likely N-dealkylation sites (tertiary alicyclic amines) is 1. The van der Waals surface area contributed by atoms with Crippen LogP contribution in [-0.2, 0) is 25.7 Å². The maximum Gasteiger partial charge on any atom is 0.242 e. The summed E-state index contributed by atoms with van der Waals surface area (Å²) in [6.07, 6.45) is 7.40. The summed E-state index contributed by atoms with van der Waals surface area (Å²) in [5.41, 5.74) is 0.927. The standard InChI is InChI=1S/C26H35N3O4/c1-3-5-16-27-24(31)22(4-2)29(18-19-11-7-6-8-12-19)23(30)15-17-28-25(32)20-13-9-10-14-21(20)26(28)33/h6-12,20-22H,3-5,13-18H2,1-2H3,(H,27,31)/t20-,21+,22-/m0/s1. The van der Waals surface area contributed by atoms with E-state index in [1.807, 2.05) is 49.4 Å². The van der Waals surface area contributed by atoms with Crippen LogP contribution in [0.3, 0.4) is 0 Å². The minimum atomic E-state index is -0.605. The second kappa shape index (κ2) is 11.8. The molecule has 1 aliphatic heterocycles. The number of amides is 4. The molecule has 1 aromatic carbocycles. The summed E-state index contributed by atoms with van der Waals surface area (Å²) >= 11 is 0. The zero-order valence-electron chi connectivity index (χ0n) is 19.7. The average Bonchev–Trinajstić information content (AvgIpc) is 3.08.